The maximum Gasteiger partial charge on any atom is 0.314 e. The fourth-order valence-electron chi connectivity index (χ4n) is 1.43. The molecule has 0 saturated heterocycles. The van der Waals surface area contributed by atoms with Gasteiger partial charge in [-0.1, -0.05) is 23.2 Å². The highest BCUT2D eigenvalue weighted by molar-refractivity contribution is 6.41. The summed E-state index contributed by atoms with van der Waals surface area (Å²) in [6.45, 7) is 0. The number of hydrogen-bond acceptors (Lipinski definition) is 2. The number of carbonyl (C=O) groups is 1. The molecule has 1 aliphatic rings. The van der Waals surface area contributed by atoms with Gasteiger partial charge in [0.25, 0.3) is 0 Å². The number of halogens is 2. The summed E-state index contributed by atoms with van der Waals surface area (Å²) < 4.78 is 0. The van der Waals surface area contributed by atoms with E-state index in [9.17, 15) is 4.79 Å². The second-order valence-electron chi connectivity index (χ2n) is 3.38. The number of rotatable bonds is 2. The minimum absolute atomic E-state index is 0.205. The molecule has 1 heterocycles. The summed E-state index contributed by atoms with van der Waals surface area (Å²) in [5, 5.41) is 9.52. The minimum atomic E-state index is -0.822. The van der Waals surface area contributed by atoms with Crippen molar-refractivity contribution in [1.82, 2.24) is 4.98 Å². The predicted molar refractivity (Wildman–Crippen MR) is 52.8 cm³/mol. The van der Waals surface area contributed by atoms with Crippen molar-refractivity contribution in [2.75, 3.05) is 0 Å². The maximum absolute atomic E-state index is 11.0. The lowest BCUT2D eigenvalue weighted by Crippen LogP contribution is -2.19. The normalized spacial score (nSPS) is 17.9. The quantitative estimate of drug-likeness (QED) is 0.797. The third kappa shape index (κ3) is 1.37. The van der Waals surface area contributed by atoms with Gasteiger partial charge in [-0.25, -0.2) is 4.98 Å². The molecule has 1 aliphatic carbocycles. The van der Waals surface area contributed by atoms with E-state index >= 15 is 0 Å². The van der Waals surface area contributed by atoms with Gasteiger partial charge in [-0.15, -0.1) is 0 Å². The number of nitrogens with zero attached hydrogens (tertiary/aromatic N) is 1. The molecule has 0 unspecified atom stereocenters. The Hall–Kier alpha value is -0.800. The van der Waals surface area contributed by atoms with Crippen LogP contribution in [-0.2, 0) is 10.2 Å². The molecule has 1 fully saturated rings. The van der Waals surface area contributed by atoms with Crippen molar-refractivity contribution in [2.45, 2.75) is 18.3 Å². The van der Waals surface area contributed by atoms with Gasteiger partial charge in [0.1, 0.15) is 5.15 Å². The van der Waals surface area contributed by atoms with Crippen LogP contribution in [0.15, 0.2) is 12.3 Å². The van der Waals surface area contributed by atoms with E-state index in [2.05, 4.69) is 4.98 Å². The number of carboxylic acids is 1. The lowest BCUT2D eigenvalue weighted by atomic mass is 9.98. The Morgan fingerprint density at radius 3 is 2.57 bits per heavy atom. The summed E-state index contributed by atoms with van der Waals surface area (Å²) in [5.74, 6) is -0.822. The maximum atomic E-state index is 11.0. The Kier molecular flexibility index (Phi) is 2.16. The van der Waals surface area contributed by atoms with E-state index in [4.69, 9.17) is 28.3 Å². The van der Waals surface area contributed by atoms with Crippen LogP contribution in [-0.4, -0.2) is 16.1 Å². The fourth-order valence-corrected chi connectivity index (χ4v) is 1.70. The molecule has 1 aromatic heterocycles. The van der Waals surface area contributed by atoms with E-state index in [0.29, 0.717) is 23.4 Å². The van der Waals surface area contributed by atoms with Crippen LogP contribution in [0.4, 0.5) is 0 Å². The van der Waals surface area contributed by atoms with Crippen molar-refractivity contribution in [3.63, 3.8) is 0 Å². The van der Waals surface area contributed by atoms with Crippen molar-refractivity contribution >= 4 is 29.2 Å². The molecule has 0 radical (unpaired) electrons. The first-order valence-corrected chi connectivity index (χ1v) is 4.87. The zero-order valence-corrected chi connectivity index (χ0v) is 8.64. The summed E-state index contributed by atoms with van der Waals surface area (Å²) in [6, 6.07) is 1.58. The van der Waals surface area contributed by atoms with Crippen LogP contribution in [0, 0.1) is 0 Å². The largest absolute Gasteiger partial charge is 0.481 e. The SMILES string of the molecule is O=C(O)C1(c2cnc(Cl)c(Cl)c2)CC1. The average molecular weight is 232 g/mol. The molecule has 14 heavy (non-hydrogen) atoms. The van der Waals surface area contributed by atoms with E-state index in [0.717, 1.165) is 0 Å². The third-order valence-electron chi connectivity index (χ3n) is 2.51. The Morgan fingerprint density at radius 1 is 1.50 bits per heavy atom. The summed E-state index contributed by atoms with van der Waals surface area (Å²) in [7, 11) is 0. The first-order chi connectivity index (χ1) is 6.56. The summed E-state index contributed by atoms with van der Waals surface area (Å²) in [6.07, 6.45) is 2.76. The predicted octanol–water partition coefficient (Wildman–Crippen LogP) is 2.50. The molecule has 2 rings (SSSR count). The number of hydrogen-bond donors (Lipinski definition) is 1. The molecule has 3 nitrogen and oxygen atoms in total. The first kappa shape index (κ1) is 9.74. The number of aromatic nitrogens is 1. The van der Waals surface area contributed by atoms with Gasteiger partial charge < -0.3 is 5.11 Å². The van der Waals surface area contributed by atoms with Crippen molar-refractivity contribution in [1.29, 1.82) is 0 Å². The summed E-state index contributed by atoms with van der Waals surface area (Å²) >= 11 is 11.4. The monoisotopic (exact) mass is 231 g/mol. The Bertz CT molecular complexity index is 402. The average Bonchev–Trinajstić information content (AvgIpc) is 2.90. The molecular formula is C9H7Cl2NO2. The van der Waals surface area contributed by atoms with Crippen molar-refractivity contribution in [3.8, 4) is 0 Å². The molecule has 0 aliphatic heterocycles. The molecule has 0 amide bonds. The third-order valence-corrected chi connectivity index (χ3v) is 3.19. The highest BCUT2D eigenvalue weighted by atomic mass is 35.5. The molecule has 1 aromatic rings. The minimum Gasteiger partial charge on any atom is -0.481 e. The molecular weight excluding hydrogens is 225 g/mol. The Labute approximate surface area is 90.7 Å². The van der Waals surface area contributed by atoms with Crippen LogP contribution in [0.1, 0.15) is 18.4 Å². The topological polar surface area (TPSA) is 50.2 Å². The zero-order chi connectivity index (χ0) is 10.3. The molecule has 5 heteroatoms. The molecule has 1 saturated carbocycles. The van der Waals surface area contributed by atoms with E-state index < -0.39 is 11.4 Å². The highest BCUT2D eigenvalue weighted by Crippen LogP contribution is 2.48. The van der Waals surface area contributed by atoms with Gasteiger partial charge in [-0.05, 0) is 24.5 Å². The molecule has 0 atom stereocenters. The second-order valence-corrected chi connectivity index (χ2v) is 4.15. The van der Waals surface area contributed by atoms with Gasteiger partial charge in [-0.2, -0.15) is 0 Å². The van der Waals surface area contributed by atoms with Gasteiger partial charge in [0.2, 0.25) is 0 Å². The Balaban J connectivity index is 2.43. The molecule has 1 N–H and O–H groups in total. The van der Waals surface area contributed by atoms with Gasteiger partial charge in [0, 0.05) is 6.20 Å². The van der Waals surface area contributed by atoms with Crippen LogP contribution >= 0.6 is 23.2 Å². The number of aliphatic carboxylic acids is 1. The van der Waals surface area contributed by atoms with Crippen LogP contribution in [0.25, 0.3) is 0 Å². The summed E-state index contributed by atoms with van der Waals surface area (Å²) in [5.41, 5.74) is -0.124. The van der Waals surface area contributed by atoms with Gasteiger partial charge in [0.05, 0.1) is 10.4 Å². The van der Waals surface area contributed by atoms with E-state index in [1.165, 1.54) is 6.20 Å². The molecule has 0 aromatic carbocycles. The smallest absolute Gasteiger partial charge is 0.314 e. The first-order valence-electron chi connectivity index (χ1n) is 4.11. The van der Waals surface area contributed by atoms with Crippen LogP contribution < -0.4 is 0 Å². The molecule has 74 valence electrons. The lowest BCUT2D eigenvalue weighted by Gasteiger charge is -2.09. The van der Waals surface area contributed by atoms with Crippen LogP contribution in [0.3, 0.4) is 0 Å². The summed E-state index contributed by atoms with van der Waals surface area (Å²) in [4.78, 5) is 14.8. The number of pyridine rings is 1. The van der Waals surface area contributed by atoms with E-state index in [1.807, 2.05) is 0 Å². The van der Waals surface area contributed by atoms with Crippen LogP contribution in [0.5, 0.6) is 0 Å². The Morgan fingerprint density at radius 2 is 2.14 bits per heavy atom. The van der Waals surface area contributed by atoms with Gasteiger partial charge in [0.15, 0.2) is 0 Å². The van der Waals surface area contributed by atoms with E-state index in [1.54, 1.807) is 6.07 Å². The molecule has 0 spiro atoms. The standard InChI is InChI=1S/C9H7Cl2NO2/c10-6-3-5(4-12-7(6)11)9(1-2-9)8(13)14/h3-4H,1-2H2,(H,13,14). The van der Waals surface area contributed by atoms with E-state index in [-0.39, 0.29) is 5.15 Å². The highest BCUT2D eigenvalue weighted by Gasteiger charge is 2.52. The van der Waals surface area contributed by atoms with Gasteiger partial charge >= 0.3 is 5.97 Å². The number of carboxylic acid groups (broad SMARTS) is 1. The second kappa shape index (κ2) is 3.11. The van der Waals surface area contributed by atoms with Crippen LogP contribution in [0.2, 0.25) is 10.2 Å². The van der Waals surface area contributed by atoms with Crippen molar-refractivity contribution < 1.29 is 9.90 Å². The lowest BCUT2D eigenvalue weighted by molar-refractivity contribution is -0.140. The molecule has 0 bridgehead atoms. The fraction of sp³-hybridized carbons (Fsp3) is 0.333. The van der Waals surface area contributed by atoms with Crippen molar-refractivity contribution in [3.05, 3.63) is 28.0 Å². The van der Waals surface area contributed by atoms with Gasteiger partial charge in [-0.3, -0.25) is 4.79 Å². The zero-order valence-electron chi connectivity index (χ0n) is 7.13. The van der Waals surface area contributed by atoms with Crippen molar-refractivity contribution in [2.24, 2.45) is 0 Å².